The lowest BCUT2D eigenvalue weighted by Crippen LogP contribution is -2.40. The summed E-state index contributed by atoms with van der Waals surface area (Å²) in [5, 5.41) is 3.64. The van der Waals surface area contributed by atoms with Gasteiger partial charge in [-0.05, 0) is 43.3 Å². The normalized spacial score (nSPS) is 12.0. The molecule has 2 aromatic rings. The minimum absolute atomic E-state index is 0.0209. The second-order valence-electron chi connectivity index (χ2n) is 6.25. The molecule has 0 fully saturated rings. The van der Waals surface area contributed by atoms with Gasteiger partial charge in [0.1, 0.15) is 0 Å². The molecule has 0 saturated carbocycles. The maximum Gasteiger partial charge on any atom is 0.179 e. The number of rotatable bonds is 10. The van der Waals surface area contributed by atoms with Gasteiger partial charge in [0.25, 0.3) is 0 Å². The van der Waals surface area contributed by atoms with E-state index in [-0.39, 0.29) is 33.1 Å². The van der Waals surface area contributed by atoms with Crippen LogP contribution in [0.3, 0.4) is 0 Å². The summed E-state index contributed by atoms with van der Waals surface area (Å²) in [4.78, 5) is 0.387. The molecule has 0 unspecified atom stereocenters. The minimum Gasteiger partial charge on any atom is -0.288 e. The molecule has 0 heterocycles. The van der Waals surface area contributed by atoms with Gasteiger partial charge in [-0.2, -0.15) is 0 Å². The average molecular weight is 479 g/mol. The highest BCUT2D eigenvalue weighted by Gasteiger charge is 2.19. The Bertz CT molecular complexity index is 1040. The van der Waals surface area contributed by atoms with Gasteiger partial charge in [-0.25, -0.2) is 16.8 Å². The Kier molecular flexibility index (Phi) is 8.22. The molecular weight excluding hydrogens is 455 g/mol. The van der Waals surface area contributed by atoms with E-state index in [4.69, 9.17) is 23.2 Å². The summed E-state index contributed by atoms with van der Waals surface area (Å²) in [6.45, 7) is 2.46. The van der Waals surface area contributed by atoms with Crippen LogP contribution in [0.1, 0.15) is 6.92 Å². The van der Waals surface area contributed by atoms with Gasteiger partial charge < -0.3 is 0 Å². The Labute approximate surface area is 182 Å². The van der Waals surface area contributed by atoms with E-state index in [1.54, 1.807) is 54.5 Å². The molecule has 0 bridgehead atoms. The molecule has 0 aromatic heterocycles. The highest BCUT2D eigenvalue weighted by molar-refractivity contribution is 7.91. The number of hydrogen-bond acceptors (Lipinski definition) is 6. The highest BCUT2D eigenvalue weighted by Crippen LogP contribution is 2.26. The van der Waals surface area contributed by atoms with Crippen molar-refractivity contribution in [3.63, 3.8) is 0 Å². The summed E-state index contributed by atoms with van der Waals surface area (Å²) in [6, 6.07) is 13.2. The molecule has 0 atom stereocenters. The van der Waals surface area contributed by atoms with Gasteiger partial charge in [0, 0.05) is 25.4 Å². The molecule has 0 N–H and O–H groups in total. The van der Waals surface area contributed by atoms with Crippen LogP contribution in [0.25, 0.3) is 0 Å². The SMILES string of the molecule is CCN(c1cccc(S(=O)(=O)CCCl)c1)N(C)c1cccc(S(=O)(=O)CCCl)c1. The number of hydrogen-bond donors (Lipinski definition) is 0. The van der Waals surface area contributed by atoms with Gasteiger partial charge in [-0.3, -0.25) is 10.0 Å². The van der Waals surface area contributed by atoms with E-state index in [1.807, 2.05) is 11.9 Å². The molecule has 2 aromatic carbocycles. The zero-order valence-electron chi connectivity index (χ0n) is 16.3. The number of anilines is 2. The van der Waals surface area contributed by atoms with Crippen LogP contribution >= 0.6 is 23.2 Å². The third kappa shape index (κ3) is 5.78. The third-order valence-electron chi connectivity index (χ3n) is 4.38. The fourth-order valence-electron chi connectivity index (χ4n) is 2.86. The smallest absolute Gasteiger partial charge is 0.179 e. The first-order valence-electron chi connectivity index (χ1n) is 8.95. The van der Waals surface area contributed by atoms with Crippen LogP contribution in [0.15, 0.2) is 58.3 Å². The maximum absolute atomic E-state index is 12.4. The largest absolute Gasteiger partial charge is 0.288 e. The molecule has 0 saturated heterocycles. The van der Waals surface area contributed by atoms with Gasteiger partial charge in [-0.1, -0.05) is 12.1 Å². The summed E-state index contributed by atoms with van der Waals surface area (Å²) in [7, 11) is -5.14. The second kappa shape index (κ2) is 10.0. The number of halogens is 2. The molecule has 0 spiro atoms. The van der Waals surface area contributed by atoms with Crippen LogP contribution in [-0.2, 0) is 19.7 Å². The fraction of sp³-hybridized carbons (Fsp3) is 0.368. The van der Waals surface area contributed by atoms with Crippen molar-refractivity contribution < 1.29 is 16.8 Å². The van der Waals surface area contributed by atoms with Gasteiger partial charge in [0.2, 0.25) is 0 Å². The van der Waals surface area contributed by atoms with E-state index >= 15 is 0 Å². The van der Waals surface area contributed by atoms with Crippen molar-refractivity contribution in [2.24, 2.45) is 0 Å². The number of nitrogens with zero attached hydrogens (tertiary/aromatic N) is 2. The molecule has 160 valence electrons. The van der Waals surface area contributed by atoms with Crippen LogP contribution in [-0.4, -0.2) is 53.7 Å². The average Bonchev–Trinajstić information content (AvgIpc) is 2.69. The first-order valence-corrected chi connectivity index (χ1v) is 13.3. The zero-order valence-corrected chi connectivity index (χ0v) is 19.4. The lowest BCUT2D eigenvalue weighted by molar-refractivity contribution is 0.595. The fourth-order valence-corrected chi connectivity index (χ4v) is 6.13. The van der Waals surface area contributed by atoms with Gasteiger partial charge in [-0.15, -0.1) is 23.2 Å². The summed E-state index contributed by atoms with van der Waals surface area (Å²) in [5.74, 6) is -0.235. The van der Waals surface area contributed by atoms with Crippen LogP contribution in [0.4, 0.5) is 11.4 Å². The van der Waals surface area contributed by atoms with Crippen molar-refractivity contribution in [3.05, 3.63) is 48.5 Å². The number of alkyl halides is 2. The zero-order chi connectivity index (χ0) is 21.7. The van der Waals surface area contributed by atoms with E-state index in [0.717, 1.165) is 0 Å². The van der Waals surface area contributed by atoms with E-state index in [1.165, 1.54) is 6.07 Å². The molecule has 2 rings (SSSR count). The standard InChI is InChI=1S/C19H24Cl2N2O4S2/c1-3-23(17-7-5-9-19(15-17)29(26,27)13-11-21)22(2)16-6-4-8-18(14-16)28(24,25)12-10-20/h4-9,14-15H,3,10-13H2,1-2H3. The van der Waals surface area contributed by atoms with E-state index < -0.39 is 19.7 Å². The molecule has 0 radical (unpaired) electrons. The summed E-state index contributed by atoms with van der Waals surface area (Å²) < 4.78 is 49.4. The highest BCUT2D eigenvalue weighted by atomic mass is 35.5. The maximum atomic E-state index is 12.4. The molecule has 0 amide bonds. The first kappa shape index (κ1) is 23.8. The molecule has 0 aliphatic heterocycles. The van der Waals surface area contributed by atoms with Gasteiger partial charge in [0.05, 0.1) is 32.7 Å². The molecule has 29 heavy (non-hydrogen) atoms. The van der Waals surface area contributed by atoms with Crippen molar-refractivity contribution in [1.82, 2.24) is 0 Å². The van der Waals surface area contributed by atoms with Crippen molar-refractivity contribution >= 4 is 54.3 Å². The molecule has 0 aliphatic rings. The van der Waals surface area contributed by atoms with Crippen molar-refractivity contribution in [3.8, 4) is 0 Å². The van der Waals surface area contributed by atoms with Gasteiger partial charge >= 0.3 is 0 Å². The van der Waals surface area contributed by atoms with Crippen LogP contribution in [0, 0.1) is 0 Å². The predicted octanol–water partition coefficient (Wildman–Crippen LogP) is 3.59. The number of hydrazine groups is 1. The Hall–Kier alpha value is -1.48. The predicted molar refractivity (Wildman–Crippen MR) is 120 cm³/mol. The first-order chi connectivity index (χ1) is 13.7. The van der Waals surface area contributed by atoms with Gasteiger partial charge in [0.15, 0.2) is 19.7 Å². The monoisotopic (exact) mass is 478 g/mol. The van der Waals surface area contributed by atoms with Crippen LogP contribution < -0.4 is 10.0 Å². The Morgan fingerprint density at radius 2 is 1.24 bits per heavy atom. The van der Waals surface area contributed by atoms with E-state index in [9.17, 15) is 16.8 Å². The number of benzene rings is 2. The molecule has 10 heteroatoms. The Morgan fingerprint density at radius 3 is 1.69 bits per heavy atom. The van der Waals surface area contributed by atoms with Crippen molar-refractivity contribution in [2.75, 3.05) is 46.9 Å². The van der Waals surface area contributed by atoms with Crippen molar-refractivity contribution in [2.45, 2.75) is 16.7 Å². The number of sulfone groups is 2. The molecule has 0 aliphatic carbocycles. The second-order valence-corrected chi connectivity index (χ2v) is 11.2. The van der Waals surface area contributed by atoms with E-state index in [2.05, 4.69) is 0 Å². The van der Waals surface area contributed by atoms with Crippen LogP contribution in [0.2, 0.25) is 0 Å². The molecular formula is C19H24Cl2N2O4S2. The minimum atomic E-state index is -3.47. The summed E-state index contributed by atoms with van der Waals surface area (Å²) in [6.07, 6.45) is 0. The van der Waals surface area contributed by atoms with Crippen molar-refractivity contribution in [1.29, 1.82) is 0 Å². The molecule has 6 nitrogen and oxygen atoms in total. The van der Waals surface area contributed by atoms with Crippen LogP contribution in [0.5, 0.6) is 0 Å². The lowest BCUT2D eigenvalue weighted by Gasteiger charge is -2.35. The Morgan fingerprint density at radius 1 is 0.793 bits per heavy atom. The summed E-state index contributed by atoms with van der Waals surface area (Å²) in [5.41, 5.74) is 1.32. The lowest BCUT2D eigenvalue weighted by atomic mass is 10.3. The summed E-state index contributed by atoms with van der Waals surface area (Å²) >= 11 is 11.2. The third-order valence-corrected chi connectivity index (χ3v) is 8.63. The quantitative estimate of drug-likeness (QED) is 0.383. The Balaban J connectivity index is 2.41. The topological polar surface area (TPSA) is 74.8 Å². The van der Waals surface area contributed by atoms with E-state index in [0.29, 0.717) is 17.9 Å².